The summed E-state index contributed by atoms with van der Waals surface area (Å²) >= 11 is 1.41. The maximum Gasteiger partial charge on any atom is 0.281 e. The number of carbonyl (C=O) groups excluding carboxylic acids is 2. The van der Waals surface area contributed by atoms with E-state index >= 15 is 0 Å². The zero-order valence-corrected chi connectivity index (χ0v) is 24.5. The number of nitrogens with zero attached hydrogens (tertiary/aromatic N) is 4. The fourth-order valence-corrected chi connectivity index (χ4v) is 8.28. The first-order chi connectivity index (χ1) is 18.6. The molecule has 1 aliphatic heterocycles. The van der Waals surface area contributed by atoms with Crippen molar-refractivity contribution >= 4 is 38.2 Å². The van der Waals surface area contributed by atoms with Crippen LogP contribution in [-0.4, -0.2) is 65.9 Å². The van der Waals surface area contributed by atoms with Gasteiger partial charge >= 0.3 is 0 Å². The number of carbonyl (C=O) groups is 2. The van der Waals surface area contributed by atoms with Crippen molar-refractivity contribution in [2.45, 2.75) is 69.9 Å². The average molecular weight is 570 g/mol. The van der Waals surface area contributed by atoms with Crippen LogP contribution in [0.5, 0.6) is 0 Å². The first-order valence-corrected chi connectivity index (χ1v) is 15.6. The molecule has 1 aliphatic carbocycles. The Labute approximate surface area is 233 Å². The van der Waals surface area contributed by atoms with E-state index in [4.69, 9.17) is 0 Å². The lowest BCUT2D eigenvalue weighted by atomic mass is 9.96. The van der Waals surface area contributed by atoms with Gasteiger partial charge in [-0.25, -0.2) is 13.1 Å². The standard InChI is InChI=1S/C28H35N5O4S2/c1-18-16-19(2)33(30-18)28(35)25-23-14-15-31(3)17-24(23)38-27(25)29-26(34)20-10-12-22(13-11-20)39(36,37)32(4)21-8-6-5-7-9-21/h10-13,16,21H,5-9,14-15,17H2,1-4H3,(H,29,34). The van der Waals surface area contributed by atoms with E-state index in [1.165, 1.54) is 44.6 Å². The molecule has 3 aromatic rings. The Morgan fingerprint density at radius 2 is 1.79 bits per heavy atom. The van der Waals surface area contributed by atoms with Gasteiger partial charge in [-0.05, 0) is 76.1 Å². The van der Waals surface area contributed by atoms with Crippen LogP contribution in [-0.2, 0) is 23.0 Å². The van der Waals surface area contributed by atoms with Crippen molar-refractivity contribution in [3.63, 3.8) is 0 Å². The molecule has 11 heteroatoms. The monoisotopic (exact) mass is 569 g/mol. The second kappa shape index (κ2) is 11.0. The molecule has 1 N–H and O–H groups in total. The average Bonchev–Trinajstić information content (AvgIpc) is 3.45. The second-order valence-electron chi connectivity index (χ2n) is 10.6. The minimum Gasteiger partial charge on any atom is -0.313 e. The number of rotatable bonds is 6. The van der Waals surface area contributed by atoms with Crippen molar-refractivity contribution in [1.82, 2.24) is 19.0 Å². The normalized spacial score (nSPS) is 16.8. The quantitative estimate of drug-likeness (QED) is 0.471. The molecule has 2 aromatic heterocycles. The summed E-state index contributed by atoms with van der Waals surface area (Å²) in [6.07, 6.45) is 5.67. The molecule has 1 amide bonds. The number of benzene rings is 1. The number of aryl methyl sites for hydroxylation is 2. The van der Waals surface area contributed by atoms with E-state index in [1.807, 2.05) is 27.0 Å². The topological polar surface area (TPSA) is 105 Å². The molecule has 2 aliphatic rings. The molecule has 1 fully saturated rings. The van der Waals surface area contributed by atoms with Gasteiger partial charge in [0.15, 0.2) is 0 Å². The van der Waals surface area contributed by atoms with Gasteiger partial charge in [-0.2, -0.15) is 9.40 Å². The summed E-state index contributed by atoms with van der Waals surface area (Å²) in [5, 5.41) is 7.82. The smallest absolute Gasteiger partial charge is 0.281 e. The zero-order valence-electron chi connectivity index (χ0n) is 22.9. The van der Waals surface area contributed by atoms with E-state index in [0.717, 1.165) is 60.5 Å². The van der Waals surface area contributed by atoms with Crippen molar-refractivity contribution in [3.05, 3.63) is 63.3 Å². The summed E-state index contributed by atoms with van der Waals surface area (Å²) in [7, 11) is 0.0213. The van der Waals surface area contributed by atoms with Crippen LogP contribution in [0, 0.1) is 13.8 Å². The van der Waals surface area contributed by atoms with Crippen LogP contribution in [0.3, 0.4) is 0 Å². The summed E-state index contributed by atoms with van der Waals surface area (Å²) < 4.78 is 29.3. The summed E-state index contributed by atoms with van der Waals surface area (Å²) in [6, 6.07) is 7.89. The molecule has 0 radical (unpaired) electrons. The molecule has 0 saturated heterocycles. The molecule has 3 heterocycles. The number of fused-ring (bicyclic) bond motifs is 1. The van der Waals surface area contributed by atoms with Crippen LogP contribution in [0.2, 0.25) is 0 Å². The predicted molar refractivity (Wildman–Crippen MR) is 152 cm³/mol. The maximum atomic E-state index is 13.7. The second-order valence-corrected chi connectivity index (χ2v) is 13.7. The number of thiophene rings is 1. The fourth-order valence-electron chi connectivity index (χ4n) is 5.55. The molecule has 5 rings (SSSR count). The van der Waals surface area contributed by atoms with Crippen LogP contribution < -0.4 is 5.32 Å². The molecule has 0 bridgehead atoms. The molecule has 0 spiro atoms. The number of aromatic nitrogens is 2. The first kappa shape index (κ1) is 27.7. The van der Waals surface area contributed by atoms with Crippen molar-refractivity contribution in [2.75, 3.05) is 26.0 Å². The van der Waals surface area contributed by atoms with E-state index in [2.05, 4.69) is 15.3 Å². The van der Waals surface area contributed by atoms with Gasteiger partial charge in [0.1, 0.15) is 5.00 Å². The molecular weight excluding hydrogens is 534 g/mol. The largest absolute Gasteiger partial charge is 0.313 e. The van der Waals surface area contributed by atoms with Gasteiger partial charge in [0, 0.05) is 42.3 Å². The maximum absolute atomic E-state index is 13.7. The van der Waals surface area contributed by atoms with Gasteiger partial charge in [0.25, 0.3) is 11.8 Å². The minimum absolute atomic E-state index is 0.00815. The number of anilines is 1. The van der Waals surface area contributed by atoms with E-state index in [1.54, 1.807) is 7.05 Å². The van der Waals surface area contributed by atoms with Crippen molar-refractivity contribution in [2.24, 2.45) is 0 Å². The van der Waals surface area contributed by atoms with Crippen molar-refractivity contribution < 1.29 is 18.0 Å². The highest BCUT2D eigenvalue weighted by atomic mass is 32.2. The van der Waals surface area contributed by atoms with Crippen LogP contribution >= 0.6 is 11.3 Å². The number of sulfonamides is 1. The van der Waals surface area contributed by atoms with Gasteiger partial charge < -0.3 is 10.2 Å². The van der Waals surface area contributed by atoms with E-state index < -0.39 is 15.9 Å². The summed E-state index contributed by atoms with van der Waals surface area (Å²) in [6.45, 7) is 5.20. The summed E-state index contributed by atoms with van der Waals surface area (Å²) in [4.78, 5) is 30.4. The van der Waals surface area contributed by atoms with Crippen LogP contribution in [0.1, 0.15) is 74.6 Å². The minimum atomic E-state index is -3.65. The third-order valence-electron chi connectivity index (χ3n) is 7.77. The third-order valence-corrected chi connectivity index (χ3v) is 10.8. The molecule has 0 atom stereocenters. The lowest BCUT2D eigenvalue weighted by Crippen LogP contribution is -2.38. The number of amides is 1. The van der Waals surface area contributed by atoms with Crippen LogP contribution in [0.25, 0.3) is 0 Å². The first-order valence-electron chi connectivity index (χ1n) is 13.4. The Balaban J connectivity index is 1.40. The molecule has 9 nitrogen and oxygen atoms in total. The van der Waals surface area contributed by atoms with E-state index in [-0.39, 0.29) is 16.8 Å². The van der Waals surface area contributed by atoms with Crippen molar-refractivity contribution in [1.29, 1.82) is 0 Å². The lowest BCUT2D eigenvalue weighted by Gasteiger charge is -2.30. The Morgan fingerprint density at radius 3 is 2.44 bits per heavy atom. The lowest BCUT2D eigenvalue weighted by molar-refractivity contribution is 0.0942. The Bertz CT molecular complexity index is 1500. The fraction of sp³-hybridized carbons (Fsp3) is 0.464. The van der Waals surface area contributed by atoms with Gasteiger partial charge in [-0.15, -0.1) is 11.3 Å². The van der Waals surface area contributed by atoms with Crippen LogP contribution in [0.4, 0.5) is 5.00 Å². The Kier molecular flexibility index (Phi) is 7.78. The van der Waals surface area contributed by atoms with Gasteiger partial charge in [0.2, 0.25) is 10.0 Å². The summed E-state index contributed by atoms with van der Waals surface area (Å²) in [5.74, 6) is -0.654. The molecule has 1 aromatic carbocycles. The van der Waals surface area contributed by atoms with Crippen LogP contribution in [0.15, 0.2) is 35.2 Å². The molecule has 1 saturated carbocycles. The number of hydrogen-bond acceptors (Lipinski definition) is 7. The number of hydrogen-bond donors (Lipinski definition) is 1. The summed E-state index contributed by atoms with van der Waals surface area (Å²) in [5.41, 5.74) is 3.24. The number of likely N-dealkylation sites (N-methyl/N-ethyl adjacent to an activating group) is 1. The Hall–Kier alpha value is -2.86. The van der Waals surface area contributed by atoms with Crippen molar-refractivity contribution in [3.8, 4) is 0 Å². The molecule has 0 unspecified atom stereocenters. The predicted octanol–water partition coefficient (Wildman–Crippen LogP) is 4.44. The van der Waals surface area contributed by atoms with E-state index in [0.29, 0.717) is 29.1 Å². The highest BCUT2D eigenvalue weighted by molar-refractivity contribution is 7.89. The SMILES string of the molecule is Cc1cc(C)n(C(=O)c2c(NC(=O)c3ccc(S(=O)(=O)N(C)C4CCCCC4)cc3)sc3c2CCN(C)C3)n1. The highest BCUT2D eigenvalue weighted by Crippen LogP contribution is 2.38. The van der Waals surface area contributed by atoms with E-state index in [9.17, 15) is 18.0 Å². The highest BCUT2D eigenvalue weighted by Gasteiger charge is 2.31. The molecule has 208 valence electrons. The van der Waals surface area contributed by atoms with Gasteiger partial charge in [-0.3, -0.25) is 9.59 Å². The zero-order chi connectivity index (χ0) is 27.9. The molecule has 39 heavy (non-hydrogen) atoms. The molecular formula is C28H35N5O4S2. The Morgan fingerprint density at radius 1 is 1.10 bits per heavy atom. The van der Waals surface area contributed by atoms with Gasteiger partial charge in [0.05, 0.1) is 16.2 Å². The third kappa shape index (κ3) is 5.45. The number of nitrogens with one attached hydrogen (secondary N) is 1. The van der Waals surface area contributed by atoms with Gasteiger partial charge in [-0.1, -0.05) is 19.3 Å².